The van der Waals surface area contributed by atoms with Crippen molar-refractivity contribution in [3.63, 3.8) is 0 Å². The van der Waals surface area contributed by atoms with Crippen LogP contribution in [-0.2, 0) is 0 Å². The largest absolute Gasteiger partial charge is 0.314 e. The summed E-state index contributed by atoms with van der Waals surface area (Å²) in [6.07, 6.45) is 4.32. The van der Waals surface area contributed by atoms with E-state index in [9.17, 15) is 0 Å². The van der Waals surface area contributed by atoms with Gasteiger partial charge in [0.25, 0.3) is 0 Å². The van der Waals surface area contributed by atoms with Crippen LogP contribution < -0.4 is 5.32 Å². The number of benzene rings is 1. The minimum Gasteiger partial charge on any atom is -0.314 e. The Morgan fingerprint density at radius 2 is 2.08 bits per heavy atom. The smallest absolute Gasteiger partial charge is 0.0138 e. The second-order valence-electron chi connectivity index (χ2n) is 3.07. The fourth-order valence-electron chi connectivity index (χ4n) is 1.19. The lowest BCUT2D eigenvalue weighted by molar-refractivity contribution is 0.801. The standard InChI is InChI=1S/C12H17N/c1-3-13-10-6-9-12-8-5-4-7-11(12)2/h4-9,13H,3,10H2,1-2H3. The first-order valence-corrected chi connectivity index (χ1v) is 4.77. The van der Waals surface area contributed by atoms with Crippen LogP contribution in [0.25, 0.3) is 6.08 Å². The monoisotopic (exact) mass is 175 g/mol. The van der Waals surface area contributed by atoms with Crippen LogP contribution >= 0.6 is 0 Å². The molecule has 0 aliphatic rings. The highest BCUT2D eigenvalue weighted by atomic mass is 14.8. The molecule has 13 heavy (non-hydrogen) atoms. The van der Waals surface area contributed by atoms with Crippen LogP contribution in [0.15, 0.2) is 30.3 Å². The SMILES string of the molecule is CCNCC=Cc1ccccc1C. The number of hydrogen-bond donors (Lipinski definition) is 1. The molecule has 1 aromatic carbocycles. The van der Waals surface area contributed by atoms with Crippen LogP contribution in [0.1, 0.15) is 18.1 Å². The Labute approximate surface area is 80.5 Å². The zero-order valence-corrected chi connectivity index (χ0v) is 8.38. The molecule has 1 heteroatoms. The molecule has 0 heterocycles. The lowest BCUT2D eigenvalue weighted by Gasteiger charge is -1.98. The summed E-state index contributed by atoms with van der Waals surface area (Å²) in [7, 11) is 0. The number of aryl methyl sites for hydroxylation is 1. The number of hydrogen-bond acceptors (Lipinski definition) is 1. The maximum atomic E-state index is 3.25. The molecule has 1 aromatic rings. The first-order chi connectivity index (χ1) is 6.34. The van der Waals surface area contributed by atoms with Gasteiger partial charge in [-0.2, -0.15) is 0 Å². The van der Waals surface area contributed by atoms with E-state index in [2.05, 4.69) is 55.6 Å². The third kappa shape index (κ3) is 3.43. The molecule has 0 aromatic heterocycles. The predicted molar refractivity (Wildman–Crippen MR) is 58.8 cm³/mol. The van der Waals surface area contributed by atoms with Crippen molar-refractivity contribution in [2.75, 3.05) is 13.1 Å². The van der Waals surface area contributed by atoms with Gasteiger partial charge in [-0.05, 0) is 24.6 Å². The Hall–Kier alpha value is -1.08. The van der Waals surface area contributed by atoms with Gasteiger partial charge in [0.15, 0.2) is 0 Å². The summed E-state index contributed by atoms with van der Waals surface area (Å²) in [5, 5.41) is 3.25. The van der Waals surface area contributed by atoms with E-state index in [0.717, 1.165) is 13.1 Å². The summed E-state index contributed by atoms with van der Waals surface area (Å²) in [6.45, 7) is 6.22. The Morgan fingerprint density at radius 1 is 1.31 bits per heavy atom. The lowest BCUT2D eigenvalue weighted by atomic mass is 10.1. The van der Waals surface area contributed by atoms with Gasteiger partial charge in [0.05, 0.1) is 0 Å². The molecule has 0 aliphatic heterocycles. The summed E-state index contributed by atoms with van der Waals surface area (Å²) >= 11 is 0. The van der Waals surface area contributed by atoms with Gasteiger partial charge >= 0.3 is 0 Å². The van der Waals surface area contributed by atoms with Crippen molar-refractivity contribution in [2.45, 2.75) is 13.8 Å². The zero-order valence-electron chi connectivity index (χ0n) is 8.38. The Balaban J connectivity index is 2.53. The van der Waals surface area contributed by atoms with Crippen LogP contribution in [0.5, 0.6) is 0 Å². The topological polar surface area (TPSA) is 12.0 Å². The molecule has 1 N–H and O–H groups in total. The van der Waals surface area contributed by atoms with E-state index in [1.807, 2.05) is 0 Å². The molecule has 0 saturated carbocycles. The minimum absolute atomic E-state index is 0.949. The highest BCUT2D eigenvalue weighted by molar-refractivity contribution is 5.53. The second kappa shape index (κ2) is 5.55. The maximum absolute atomic E-state index is 3.25. The van der Waals surface area contributed by atoms with Crippen LogP contribution in [0.4, 0.5) is 0 Å². The zero-order chi connectivity index (χ0) is 9.52. The van der Waals surface area contributed by atoms with Crippen molar-refractivity contribution in [3.8, 4) is 0 Å². The molecule has 1 nitrogen and oxygen atoms in total. The van der Waals surface area contributed by atoms with Crippen LogP contribution in [0, 0.1) is 6.92 Å². The van der Waals surface area contributed by atoms with Crippen molar-refractivity contribution in [3.05, 3.63) is 41.5 Å². The lowest BCUT2D eigenvalue weighted by Crippen LogP contribution is -2.11. The van der Waals surface area contributed by atoms with Crippen molar-refractivity contribution in [1.82, 2.24) is 5.32 Å². The molecular weight excluding hydrogens is 158 g/mol. The molecule has 0 bridgehead atoms. The molecule has 0 unspecified atom stereocenters. The van der Waals surface area contributed by atoms with Gasteiger partial charge in [0, 0.05) is 6.54 Å². The molecular formula is C12H17N. The summed E-state index contributed by atoms with van der Waals surface area (Å²) in [5.41, 5.74) is 2.63. The Bertz CT molecular complexity index is 276. The van der Waals surface area contributed by atoms with Gasteiger partial charge < -0.3 is 5.32 Å². The number of likely N-dealkylation sites (N-methyl/N-ethyl adjacent to an activating group) is 1. The summed E-state index contributed by atoms with van der Waals surface area (Å²) < 4.78 is 0. The third-order valence-electron chi connectivity index (χ3n) is 2.00. The fraction of sp³-hybridized carbons (Fsp3) is 0.333. The van der Waals surface area contributed by atoms with Gasteiger partial charge in [-0.3, -0.25) is 0 Å². The Morgan fingerprint density at radius 3 is 2.77 bits per heavy atom. The average Bonchev–Trinajstić information content (AvgIpc) is 2.15. The molecule has 0 fully saturated rings. The van der Waals surface area contributed by atoms with Crippen molar-refractivity contribution in [2.24, 2.45) is 0 Å². The third-order valence-corrected chi connectivity index (χ3v) is 2.00. The molecule has 70 valence electrons. The van der Waals surface area contributed by atoms with Crippen molar-refractivity contribution < 1.29 is 0 Å². The highest BCUT2D eigenvalue weighted by Gasteiger charge is 1.89. The normalized spacial score (nSPS) is 10.9. The van der Waals surface area contributed by atoms with Gasteiger partial charge in [0.2, 0.25) is 0 Å². The van der Waals surface area contributed by atoms with Crippen molar-refractivity contribution >= 4 is 6.08 Å². The van der Waals surface area contributed by atoms with E-state index in [-0.39, 0.29) is 0 Å². The number of rotatable bonds is 4. The molecule has 0 atom stereocenters. The maximum Gasteiger partial charge on any atom is 0.0138 e. The van der Waals surface area contributed by atoms with Crippen LogP contribution in [0.3, 0.4) is 0 Å². The van der Waals surface area contributed by atoms with E-state index in [0.29, 0.717) is 0 Å². The van der Waals surface area contributed by atoms with Crippen LogP contribution in [-0.4, -0.2) is 13.1 Å². The van der Waals surface area contributed by atoms with E-state index < -0.39 is 0 Å². The van der Waals surface area contributed by atoms with Crippen LogP contribution in [0.2, 0.25) is 0 Å². The molecule has 0 radical (unpaired) electrons. The predicted octanol–water partition coefficient (Wildman–Crippen LogP) is 2.62. The molecule has 0 aliphatic carbocycles. The minimum atomic E-state index is 0.949. The van der Waals surface area contributed by atoms with Gasteiger partial charge in [-0.25, -0.2) is 0 Å². The summed E-state index contributed by atoms with van der Waals surface area (Å²) in [6, 6.07) is 8.40. The first-order valence-electron chi connectivity index (χ1n) is 4.77. The highest BCUT2D eigenvalue weighted by Crippen LogP contribution is 2.08. The quantitative estimate of drug-likeness (QED) is 0.694. The van der Waals surface area contributed by atoms with Crippen molar-refractivity contribution in [1.29, 1.82) is 0 Å². The van der Waals surface area contributed by atoms with E-state index in [4.69, 9.17) is 0 Å². The van der Waals surface area contributed by atoms with E-state index in [1.165, 1.54) is 11.1 Å². The Kier molecular flexibility index (Phi) is 4.27. The van der Waals surface area contributed by atoms with E-state index >= 15 is 0 Å². The summed E-state index contributed by atoms with van der Waals surface area (Å²) in [4.78, 5) is 0. The molecule has 1 rings (SSSR count). The van der Waals surface area contributed by atoms with Gasteiger partial charge in [0.1, 0.15) is 0 Å². The second-order valence-corrected chi connectivity index (χ2v) is 3.07. The fourth-order valence-corrected chi connectivity index (χ4v) is 1.19. The van der Waals surface area contributed by atoms with Gasteiger partial charge in [-0.15, -0.1) is 0 Å². The first kappa shape index (κ1) is 10.0. The average molecular weight is 175 g/mol. The number of nitrogens with one attached hydrogen (secondary N) is 1. The summed E-state index contributed by atoms with van der Waals surface area (Å²) in [5.74, 6) is 0. The van der Waals surface area contributed by atoms with E-state index in [1.54, 1.807) is 0 Å². The van der Waals surface area contributed by atoms with Gasteiger partial charge in [-0.1, -0.05) is 43.3 Å². The molecule has 0 spiro atoms. The molecule has 0 amide bonds. The molecule has 0 saturated heterocycles.